The summed E-state index contributed by atoms with van der Waals surface area (Å²) >= 11 is 0. The Bertz CT molecular complexity index is 640. The fraction of sp³-hybridized carbons (Fsp3) is 0.188. The second-order valence-electron chi connectivity index (χ2n) is 4.47. The monoisotopic (exact) mass is 444 g/mol. The fourth-order valence-corrected chi connectivity index (χ4v) is 2.32. The molecule has 0 aliphatic carbocycles. The Hall–Kier alpha value is -1.64. The topological polar surface area (TPSA) is 24.8 Å². The zero-order valence-corrected chi connectivity index (χ0v) is 13.8. The molecule has 0 fully saturated rings. The van der Waals surface area contributed by atoms with E-state index in [1.54, 1.807) is 7.11 Å². The molecule has 2 aromatic rings. The molecule has 0 unspecified atom stereocenters. The summed E-state index contributed by atoms with van der Waals surface area (Å²) < 4.78 is 5.26. The van der Waals surface area contributed by atoms with E-state index >= 15 is 0 Å². The van der Waals surface area contributed by atoms with E-state index in [2.05, 4.69) is 28.1 Å². The number of nitrogens with zero attached hydrogens (tertiary/aromatic N) is 2. The van der Waals surface area contributed by atoms with E-state index in [-0.39, 0.29) is 20.1 Å². The number of ether oxygens (including phenoxy) is 1. The summed E-state index contributed by atoms with van der Waals surface area (Å²) in [4.78, 5) is 6.75. The summed E-state index contributed by atoms with van der Waals surface area (Å²) in [5, 5.41) is 0. The number of methoxy groups -OCH3 is 1. The van der Waals surface area contributed by atoms with Gasteiger partial charge in [0, 0.05) is 38.6 Å². The van der Waals surface area contributed by atoms with Crippen LogP contribution in [0.15, 0.2) is 47.5 Å². The van der Waals surface area contributed by atoms with E-state index in [0.29, 0.717) is 6.54 Å². The van der Waals surface area contributed by atoms with Crippen LogP contribution in [-0.4, -0.2) is 20.0 Å². The predicted octanol–water partition coefficient (Wildman–Crippen LogP) is 2.89. The minimum atomic E-state index is 0. The van der Waals surface area contributed by atoms with Crippen molar-refractivity contribution in [3.05, 3.63) is 59.7 Å². The molecular formula is C16H15IrN2O-. The van der Waals surface area contributed by atoms with Gasteiger partial charge in [0.2, 0.25) is 0 Å². The molecule has 1 aliphatic heterocycles. The van der Waals surface area contributed by atoms with Crippen LogP contribution < -0.4 is 9.64 Å². The Kier molecular flexibility index (Phi) is 4.58. The average Bonchev–Trinajstić information content (AvgIpc) is 2.48. The summed E-state index contributed by atoms with van der Waals surface area (Å²) in [6.07, 6.45) is 0. The van der Waals surface area contributed by atoms with Gasteiger partial charge < -0.3 is 14.6 Å². The van der Waals surface area contributed by atoms with Gasteiger partial charge in [0.1, 0.15) is 0 Å². The maximum absolute atomic E-state index is 5.26. The van der Waals surface area contributed by atoms with Gasteiger partial charge in [-0.05, 0) is 11.6 Å². The van der Waals surface area contributed by atoms with Crippen LogP contribution in [0.2, 0.25) is 0 Å². The van der Waals surface area contributed by atoms with Crippen molar-refractivity contribution in [1.29, 1.82) is 0 Å². The predicted molar refractivity (Wildman–Crippen MR) is 76.9 cm³/mol. The molecule has 3 nitrogen and oxygen atoms in total. The van der Waals surface area contributed by atoms with Crippen LogP contribution >= 0.6 is 0 Å². The number of rotatable bonds is 2. The molecule has 105 valence electrons. The summed E-state index contributed by atoms with van der Waals surface area (Å²) in [6, 6.07) is 17.3. The Balaban J connectivity index is 0.00000147. The van der Waals surface area contributed by atoms with Gasteiger partial charge in [-0.2, -0.15) is 0 Å². The zero-order chi connectivity index (χ0) is 13.2. The average molecular weight is 444 g/mol. The van der Waals surface area contributed by atoms with Crippen LogP contribution in [0.5, 0.6) is 5.75 Å². The van der Waals surface area contributed by atoms with E-state index in [9.17, 15) is 0 Å². The zero-order valence-electron chi connectivity index (χ0n) is 11.4. The van der Waals surface area contributed by atoms with Crippen molar-refractivity contribution >= 4 is 11.5 Å². The fourth-order valence-electron chi connectivity index (χ4n) is 2.32. The molecule has 0 amide bonds. The summed E-state index contributed by atoms with van der Waals surface area (Å²) in [5.41, 5.74) is 3.40. The molecule has 4 heteroatoms. The van der Waals surface area contributed by atoms with Crippen molar-refractivity contribution in [1.82, 2.24) is 0 Å². The van der Waals surface area contributed by atoms with Crippen LogP contribution in [-0.2, 0) is 26.7 Å². The quantitative estimate of drug-likeness (QED) is 0.667. The smallest absolute Gasteiger partial charge is 0.0751 e. The molecule has 2 aromatic carbocycles. The largest absolute Gasteiger partial charge is 0.516 e. The van der Waals surface area contributed by atoms with Crippen molar-refractivity contribution in [3.8, 4) is 5.75 Å². The standard InChI is InChI=1S/C16H15N2O.Ir/c1-18-15-9-4-3-6-13(15)11-17-16(18)12-7-5-8-14(10-12)19-2;/h3-6,8-10H,11H2,1-2H3;/q-1;. The van der Waals surface area contributed by atoms with Crippen LogP contribution in [0.25, 0.3) is 0 Å². The van der Waals surface area contributed by atoms with E-state index in [1.807, 2.05) is 37.4 Å². The van der Waals surface area contributed by atoms with Crippen molar-refractivity contribution in [2.75, 3.05) is 19.1 Å². The maximum atomic E-state index is 5.26. The van der Waals surface area contributed by atoms with Crippen molar-refractivity contribution in [2.45, 2.75) is 6.54 Å². The van der Waals surface area contributed by atoms with E-state index in [4.69, 9.17) is 4.74 Å². The van der Waals surface area contributed by atoms with E-state index in [0.717, 1.165) is 17.1 Å². The van der Waals surface area contributed by atoms with Crippen molar-refractivity contribution in [3.63, 3.8) is 0 Å². The van der Waals surface area contributed by atoms with Crippen molar-refractivity contribution in [2.24, 2.45) is 4.99 Å². The first-order chi connectivity index (χ1) is 9.29. The SMILES string of the molecule is COc1cc[c-]c(C2=NCc3ccccc3N2C)c1.[Ir]. The van der Waals surface area contributed by atoms with Gasteiger partial charge in [0.15, 0.2) is 0 Å². The van der Waals surface area contributed by atoms with Crippen LogP contribution in [0.3, 0.4) is 0 Å². The molecule has 1 radical (unpaired) electrons. The van der Waals surface area contributed by atoms with Gasteiger partial charge in [-0.15, -0.1) is 23.8 Å². The maximum Gasteiger partial charge on any atom is 0.0751 e. The second kappa shape index (κ2) is 6.21. The van der Waals surface area contributed by atoms with Gasteiger partial charge in [-0.1, -0.05) is 24.3 Å². The Labute approximate surface area is 132 Å². The van der Waals surface area contributed by atoms with Crippen molar-refractivity contribution < 1.29 is 24.8 Å². The van der Waals surface area contributed by atoms with E-state index < -0.39 is 0 Å². The molecule has 1 heterocycles. The molecule has 0 N–H and O–H groups in total. The number of aliphatic imine (C=N–C) groups is 1. The number of benzene rings is 2. The summed E-state index contributed by atoms with van der Waals surface area (Å²) in [7, 11) is 3.70. The van der Waals surface area contributed by atoms with Gasteiger partial charge >= 0.3 is 0 Å². The van der Waals surface area contributed by atoms with Crippen LogP contribution in [0.4, 0.5) is 5.69 Å². The third kappa shape index (κ3) is 2.62. The first-order valence-corrected chi connectivity index (χ1v) is 6.22. The molecule has 0 bridgehead atoms. The first-order valence-electron chi connectivity index (χ1n) is 6.22. The minimum absolute atomic E-state index is 0. The van der Waals surface area contributed by atoms with Gasteiger partial charge in [0.25, 0.3) is 0 Å². The minimum Gasteiger partial charge on any atom is -0.516 e. The summed E-state index contributed by atoms with van der Waals surface area (Å²) in [5.74, 6) is 1.75. The molecular weight excluding hydrogens is 428 g/mol. The molecule has 1 aliphatic rings. The Morgan fingerprint density at radius 2 is 2.05 bits per heavy atom. The number of hydrogen-bond acceptors (Lipinski definition) is 3. The van der Waals surface area contributed by atoms with Gasteiger partial charge in [0.05, 0.1) is 19.5 Å². The molecule has 0 saturated heterocycles. The van der Waals surface area contributed by atoms with Crippen LogP contribution in [0.1, 0.15) is 11.1 Å². The molecule has 0 saturated carbocycles. The normalized spacial score (nSPS) is 13.1. The van der Waals surface area contributed by atoms with Gasteiger partial charge in [-0.3, -0.25) is 0 Å². The second-order valence-corrected chi connectivity index (χ2v) is 4.47. The number of anilines is 1. The molecule has 0 aromatic heterocycles. The third-order valence-electron chi connectivity index (χ3n) is 3.32. The summed E-state index contributed by atoms with van der Waals surface area (Å²) in [6.45, 7) is 0.709. The number of fused-ring (bicyclic) bond motifs is 1. The first kappa shape index (κ1) is 14.8. The molecule has 0 spiro atoms. The number of para-hydroxylation sites is 1. The van der Waals surface area contributed by atoms with E-state index in [1.165, 1.54) is 11.3 Å². The van der Waals surface area contributed by atoms with Crippen LogP contribution in [0, 0.1) is 6.07 Å². The third-order valence-corrected chi connectivity index (χ3v) is 3.32. The Morgan fingerprint density at radius 1 is 1.25 bits per heavy atom. The molecule has 3 rings (SSSR count). The Morgan fingerprint density at radius 3 is 2.85 bits per heavy atom. The molecule has 0 atom stereocenters. The number of hydrogen-bond donors (Lipinski definition) is 0. The van der Waals surface area contributed by atoms with Gasteiger partial charge in [-0.25, -0.2) is 0 Å². The molecule has 20 heavy (non-hydrogen) atoms. The number of amidine groups is 1.